The fourth-order valence-corrected chi connectivity index (χ4v) is 3.09. The molecule has 0 unspecified atom stereocenters. The summed E-state index contributed by atoms with van der Waals surface area (Å²) in [4.78, 5) is 2.48. The molecule has 0 aliphatic carbocycles. The number of anilines is 1. The summed E-state index contributed by atoms with van der Waals surface area (Å²) in [5, 5.41) is 0. The lowest BCUT2D eigenvalue weighted by Crippen LogP contribution is -2.22. The van der Waals surface area contributed by atoms with Gasteiger partial charge in [0.2, 0.25) is 0 Å². The number of nitrogens with two attached hydrogens (primary N) is 1. The minimum atomic E-state index is 0.156. The first-order valence-electron chi connectivity index (χ1n) is 7.95. The lowest BCUT2D eigenvalue weighted by Gasteiger charge is -2.24. The summed E-state index contributed by atoms with van der Waals surface area (Å²) in [6.45, 7) is 4.26. The van der Waals surface area contributed by atoms with Gasteiger partial charge in [-0.3, -0.25) is 0 Å². The molecule has 21 heavy (non-hydrogen) atoms. The maximum atomic E-state index is 6.10. The second-order valence-electron chi connectivity index (χ2n) is 5.90. The highest BCUT2D eigenvalue weighted by atomic mass is 15.1. The van der Waals surface area contributed by atoms with Crippen molar-refractivity contribution in [3.63, 3.8) is 0 Å². The van der Waals surface area contributed by atoms with Crippen LogP contribution in [0.3, 0.4) is 0 Å². The van der Waals surface area contributed by atoms with Crippen LogP contribution in [-0.4, -0.2) is 6.54 Å². The van der Waals surface area contributed by atoms with Gasteiger partial charge >= 0.3 is 0 Å². The van der Waals surface area contributed by atoms with Gasteiger partial charge < -0.3 is 10.6 Å². The average Bonchev–Trinajstić information content (AvgIpc) is 2.76. The smallest absolute Gasteiger partial charge is 0.0432 e. The Hall–Kier alpha value is -1.80. The first kappa shape index (κ1) is 14.2. The van der Waals surface area contributed by atoms with Crippen molar-refractivity contribution in [2.75, 3.05) is 11.4 Å². The summed E-state index contributed by atoms with van der Waals surface area (Å²) in [6.07, 6.45) is 3.38. The van der Waals surface area contributed by atoms with Crippen molar-refractivity contribution in [3.8, 4) is 0 Å². The molecular weight excluding hydrogens is 256 g/mol. The standard InChI is InChI=1S/C19H24N2/c1-2-19(20)16-9-11-18(12-10-16)21-13-5-8-15-6-3-4-7-17(15)14-21/h3-4,6-7,9-12,19H,2,5,8,13-14,20H2,1H3/t19-/m1/s1. The number of rotatable bonds is 3. The van der Waals surface area contributed by atoms with Gasteiger partial charge in [0.15, 0.2) is 0 Å². The van der Waals surface area contributed by atoms with Crippen molar-refractivity contribution >= 4 is 5.69 Å². The van der Waals surface area contributed by atoms with Crippen LogP contribution in [0.1, 0.15) is 42.5 Å². The number of aryl methyl sites for hydroxylation is 1. The molecule has 2 heteroatoms. The summed E-state index contributed by atoms with van der Waals surface area (Å²) < 4.78 is 0. The van der Waals surface area contributed by atoms with Gasteiger partial charge in [0.05, 0.1) is 0 Å². The van der Waals surface area contributed by atoms with Crippen LogP contribution in [0.2, 0.25) is 0 Å². The predicted molar refractivity (Wildman–Crippen MR) is 89.5 cm³/mol. The van der Waals surface area contributed by atoms with E-state index in [0.717, 1.165) is 19.5 Å². The van der Waals surface area contributed by atoms with Crippen LogP contribution in [0.15, 0.2) is 48.5 Å². The van der Waals surface area contributed by atoms with Gasteiger partial charge in [-0.25, -0.2) is 0 Å². The SMILES string of the molecule is CC[C@@H](N)c1ccc(N2CCCc3ccccc3C2)cc1. The molecule has 0 amide bonds. The van der Waals surface area contributed by atoms with Crippen molar-refractivity contribution in [3.05, 3.63) is 65.2 Å². The molecule has 1 heterocycles. The van der Waals surface area contributed by atoms with E-state index in [4.69, 9.17) is 5.73 Å². The van der Waals surface area contributed by atoms with Gasteiger partial charge in [0, 0.05) is 24.8 Å². The van der Waals surface area contributed by atoms with Gasteiger partial charge in [-0.15, -0.1) is 0 Å². The fraction of sp³-hybridized carbons (Fsp3) is 0.368. The monoisotopic (exact) mass is 280 g/mol. The Labute approximate surface area is 127 Å². The maximum absolute atomic E-state index is 6.10. The lowest BCUT2D eigenvalue weighted by atomic mass is 10.0. The van der Waals surface area contributed by atoms with E-state index in [2.05, 4.69) is 60.4 Å². The van der Waals surface area contributed by atoms with Crippen molar-refractivity contribution < 1.29 is 0 Å². The number of hydrogen-bond acceptors (Lipinski definition) is 2. The summed E-state index contributed by atoms with van der Waals surface area (Å²) in [6, 6.07) is 17.8. The van der Waals surface area contributed by atoms with E-state index in [0.29, 0.717) is 0 Å². The lowest BCUT2D eigenvalue weighted by molar-refractivity contribution is 0.698. The molecule has 0 fully saturated rings. The molecule has 2 nitrogen and oxygen atoms in total. The van der Waals surface area contributed by atoms with Crippen molar-refractivity contribution in [2.45, 2.75) is 38.8 Å². The van der Waals surface area contributed by atoms with E-state index in [1.165, 1.54) is 35.2 Å². The maximum Gasteiger partial charge on any atom is 0.0432 e. The van der Waals surface area contributed by atoms with Crippen LogP contribution in [0.5, 0.6) is 0 Å². The molecule has 0 saturated carbocycles. The van der Waals surface area contributed by atoms with Gasteiger partial charge in [-0.2, -0.15) is 0 Å². The van der Waals surface area contributed by atoms with Crippen molar-refractivity contribution in [1.82, 2.24) is 0 Å². The Balaban J connectivity index is 1.81. The first-order chi connectivity index (χ1) is 10.3. The van der Waals surface area contributed by atoms with Crippen LogP contribution in [0, 0.1) is 0 Å². The Morgan fingerprint density at radius 3 is 2.48 bits per heavy atom. The van der Waals surface area contributed by atoms with Crippen LogP contribution in [-0.2, 0) is 13.0 Å². The predicted octanol–water partition coefficient (Wildman–Crippen LogP) is 4.05. The van der Waals surface area contributed by atoms with E-state index in [1.807, 2.05) is 0 Å². The second kappa shape index (κ2) is 6.31. The second-order valence-corrected chi connectivity index (χ2v) is 5.90. The summed E-state index contributed by atoms with van der Waals surface area (Å²) in [5.74, 6) is 0. The Morgan fingerprint density at radius 1 is 1.05 bits per heavy atom. The van der Waals surface area contributed by atoms with Gasteiger partial charge in [-0.1, -0.05) is 43.3 Å². The molecule has 0 bridgehead atoms. The van der Waals surface area contributed by atoms with Crippen LogP contribution >= 0.6 is 0 Å². The molecule has 0 saturated heterocycles. The average molecular weight is 280 g/mol. The van der Waals surface area contributed by atoms with E-state index >= 15 is 0 Å². The summed E-state index contributed by atoms with van der Waals surface area (Å²) >= 11 is 0. The van der Waals surface area contributed by atoms with E-state index < -0.39 is 0 Å². The highest BCUT2D eigenvalue weighted by Gasteiger charge is 2.14. The first-order valence-corrected chi connectivity index (χ1v) is 7.95. The molecule has 2 N–H and O–H groups in total. The largest absolute Gasteiger partial charge is 0.367 e. The molecule has 110 valence electrons. The zero-order valence-corrected chi connectivity index (χ0v) is 12.8. The third-order valence-corrected chi connectivity index (χ3v) is 4.48. The Morgan fingerprint density at radius 2 is 1.76 bits per heavy atom. The fourth-order valence-electron chi connectivity index (χ4n) is 3.09. The highest BCUT2D eigenvalue weighted by Crippen LogP contribution is 2.25. The van der Waals surface area contributed by atoms with E-state index in [9.17, 15) is 0 Å². The van der Waals surface area contributed by atoms with Gasteiger partial charge in [0.25, 0.3) is 0 Å². The summed E-state index contributed by atoms with van der Waals surface area (Å²) in [7, 11) is 0. The molecule has 0 aromatic heterocycles. The molecule has 0 radical (unpaired) electrons. The van der Waals surface area contributed by atoms with Crippen LogP contribution in [0.4, 0.5) is 5.69 Å². The number of hydrogen-bond donors (Lipinski definition) is 1. The zero-order chi connectivity index (χ0) is 14.7. The number of fused-ring (bicyclic) bond motifs is 1. The third kappa shape index (κ3) is 3.11. The van der Waals surface area contributed by atoms with Crippen molar-refractivity contribution in [1.29, 1.82) is 0 Å². The third-order valence-electron chi connectivity index (χ3n) is 4.48. The van der Waals surface area contributed by atoms with E-state index in [-0.39, 0.29) is 6.04 Å². The van der Waals surface area contributed by atoms with E-state index in [1.54, 1.807) is 0 Å². The quantitative estimate of drug-likeness (QED) is 0.919. The Bertz CT molecular complexity index is 589. The molecule has 1 aliphatic rings. The van der Waals surface area contributed by atoms with Crippen LogP contribution in [0.25, 0.3) is 0 Å². The molecule has 3 rings (SSSR count). The van der Waals surface area contributed by atoms with Gasteiger partial charge in [-0.05, 0) is 48.1 Å². The van der Waals surface area contributed by atoms with Gasteiger partial charge in [0.1, 0.15) is 0 Å². The molecular formula is C19H24N2. The topological polar surface area (TPSA) is 29.3 Å². The summed E-state index contributed by atoms with van der Waals surface area (Å²) in [5.41, 5.74) is 11.6. The minimum absolute atomic E-state index is 0.156. The molecule has 2 aromatic carbocycles. The highest BCUT2D eigenvalue weighted by molar-refractivity contribution is 5.49. The van der Waals surface area contributed by atoms with Crippen molar-refractivity contribution in [2.24, 2.45) is 5.73 Å². The number of benzene rings is 2. The Kier molecular flexibility index (Phi) is 4.26. The van der Waals surface area contributed by atoms with Crippen LogP contribution < -0.4 is 10.6 Å². The molecule has 1 atom stereocenters. The normalized spacial score (nSPS) is 16.2. The minimum Gasteiger partial charge on any atom is -0.367 e. The molecule has 1 aliphatic heterocycles. The zero-order valence-electron chi connectivity index (χ0n) is 12.8. The molecule has 2 aromatic rings. The number of nitrogens with zero attached hydrogens (tertiary/aromatic N) is 1. The molecule has 0 spiro atoms.